The number of hydrogen-bond donors (Lipinski definition) is 2. The predicted molar refractivity (Wildman–Crippen MR) is 78.1 cm³/mol. The molecule has 0 radical (unpaired) electrons. The Morgan fingerprint density at radius 2 is 1.82 bits per heavy atom. The fourth-order valence-corrected chi connectivity index (χ4v) is 3.69. The van der Waals surface area contributed by atoms with Gasteiger partial charge in [0.15, 0.2) is 0 Å². The van der Waals surface area contributed by atoms with Crippen LogP contribution in [0.15, 0.2) is 18.2 Å². The fourth-order valence-electron chi connectivity index (χ4n) is 3.69. The standard InChI is InChI=1S/C17H21F2NO2/c18-12-4-5-13(14(19)10-12)17(8-3-9-17)20-15(21)11-16(22)6-1-2-7-16/h4-5,10,22H,1-3,6-9,11H2,(H,20,21). The molecule has 0 saturated heterocycles. The van der Waals surface area contributed by atoms with Crippen LogP contribution in [0.3, 0.4) is 0 Å². The summed E-state index contributed by atoms with van der Waals surface area (Å²) in [6.07, 6.45) is 5.36. The van der Waals surface area contributed by atoms with Crippen LogP contribution in [0.1, 0.15) is 56.9 Å². The van der Waals surface area contributed by atoms with Gasteiger partial charge in [0.05, 0.1) is 17.6 Å². The Bertz CT molecular complexity index is 578. The van der Waals surface area contributed by atoms with E-state index in [0.717, 1.165) is 25.3 Å². The number of benzene rings is 1. The molecule has 22 heavy (non-hydrogen) atoms. The lowest BCUT2D eigenvalue weighted by molar-refractivity contribution is -0.129. The first-order valence-electron chi connectivity index (χ1n) is 7.92. The van der Waals surface area contributed by atoms with Gasteiger partial charge in [0, 0.05) is 11.6 Å². The third-order valence-corrected chi connectivity index (χ3v) is 5.06. The Morgan fingerprint density at radius 3 is 2.36 bits per heavy atom. The zero-order valence-electron chi connectivity index (χ0n) is 12.5. The molecule has 0 heterocycles. The topological polar surface area (TPSA) is 49.3 Å². The van der Waals surface area contributed by atoms with Crippen molar-refractivity contribution in [1.82, 2.24) is 5.32 Å². The number of carbonyl (C=O) groups is 1. The van der Waals surface area contributed by atoms with Crippen molar-refractivity contribution in [3.05, 3.63) is 35.4 Å². The summed E-state index contributed by atoms with van der Waals surface area (Å²) in [6.45, 7) is 0. The van der Waals surface area contributed by atoms with Crippen LogP contribution in [0.5, 0.6) is 0 Å². The quantitative estimate of drug-likeness (QED) is 0.897. The van der Waals surface area contributed by atoms with Crippen molar-refractivity contribution in [2.24, 2.45) is 0 Å². The molecule has 120 valence electrons. The van der Waals surface area contributed by atoms with E-state index in [2.05, 4.69) is 5.32 Å². The number of carbonyl (C=O) groups excluding carboxylic acids is 1. The molecular weight excluding hydrogens is 288 g/mol. The molecule has 2 saturated carbocycles. The maximum absolute atomic E-state index is 14.1. The van der Waals surface area contributed by atoms with Gasteiger partial charge in [-0.25, -0.2) is 8.78 Å². The van der Waals surface area contributed by atoms with E-state index in [1.54, 1.807) is 0 Å². The van der Waals surface area contributed by atoms with E-state index in [-0.39, 0.29) is 12.3 Å². The second-order valence-corrected chi connectivity index (χ2v) is 6.72. The van der Waals surface area contributed by atoms with Gasteiger partial charge in [-0.05, 0) is 38.2 Å². The molecule has 2 N–H and O–H groups in total. The summed E-state index contributed by atoms with van der Waals surface area (Å²) in [5.41, 5.74) is -1.33. The highest BCUT2D eigenvalue weighted by atomic mass is 19.1. The number of halogens is 2. The van der Waals surface area contributed by atoms with Crippen molar-refractivity contribution in [1.29, 1.82) is 0 Å². The highest BCUT2D eigenvalue weighted by Crippen LogP contribution is 2.43. The van der Waals surface area contributed by atoms with Gasteiger partial charge in [0.1, 0.15) is 11.6 Å². The molecule has 0 unspecified atom stereocenters. The van der Waals surface area contributed by atoms with Gasteiger partial charge in [-0.1, -0.05) is 18.9 Å². The lowest BCUT2D eigenvalue weighted by Gasteiger charge is -2.43. The van der Waals surface area contributed by atoms with Gasteiger partial charge in [0.25, 0.3) is 0 Å². The molecule has 2 aliphatic rings. The summed E-state index contributed by atoms with van der Waals surface area (Å²) in [6, 6.07) is 3.48. The van der Waals surface area contributed by atoms with Gasteiger partial charge in [-0.3, -0.25) is 4.79 Å². The summed E-state index contributed by atoms with van der Waals surface area (Å²) >= 11 is 0. The summed E-state index contributed by atoms with van der Waals surface area (Å²) in [5, 5.41) is 13.2. The van der Waals surface area contributed by atoms with Crippen LogP contribution in [0.25, 0.3) is 0 Å². The van der Waals surface area contributed by atoms with E-state index in [0.29, 0.717) is 31.2 Å². The van der Waals surface area contributed by atoms with Crippen molar-refractivity contribution < 1.29 is 18.7 Å². The second kappa shape index (κ2) is 5.61. The molecular formula is C17H21F2NO2. The largest absolute Gasteiger partial charge is 0.389 e. The molecule has 2 fully saturated rings. The van der Waals surface area contributed by atoms with Crippen LogP contribution in [0, 0.1) is 11.6 Å². The van der Waals surface area contributed by atoms with Crippen LogP contribution in [-0.2, 0) is 10.3 Å². The smallest absolute Gasteiger partial charge is 0.223 e. The van der Waals surface area contributed by atoms with E-state index >= 15 is 0 Å². The Morgan fingerprint density at radius 1 is 1.14 bits per heavy atom. The summed E-state index contributed by atoms with van der Waals surface area (Å²) in [7, 11) is 0. The normalized spacial score (nSPS) is 22.1. The summed E-state index contributed by atoms with van der Waals surface area (Å²) in [4.78, 5) is 12.3. The molecule has 0 spiro atoms. The van der Waals surface area contributed by atoms with E-state index in [1.165, 1.54) is 12.1 Å². The molecule has 0 bridgehead atoms. The predicted octanol–water partition coefficient (Wildman–Crippen LogP) is 3.16. The van der Waals surface area contributed by atoms with Crippen molar-refractivity contribution in [2.45, 2.75) is 62.5 Å². The van der Waals surface area contributed by atoms with E-state index in [4.69, 9.17) is 0 Å². The van der Waals surface area contributed by atoms with E-state index < -0.39 is 22.8 Å². The number of hydrogen-bond acceptors (Lipinski definition) is 2. The molecule has 1 aromatic carbocycles. The minimum Gasteiger partial charge on any atom is -0.389 e. The minimum absolute atomic E-state index is 0.0531. The van der Waals surface area contributed by atoms with E-state index in [9.17, 15) is 18.7 Å². The molecule has 1 aromatic rings. The van der Waals surface area contributed by atoms with Gasteiger partial charge in [0.2, 0.25) is 5.91 Å². The van der Waals surface area contributed by atoms with Gasteiger partial charge in [-0.15, -0.1) is 0 Å². The summed E-state index contributed by atoms with van der Waals surface area (Å²) in [5.74, 6) is -1.50. The van der Waals surface area contributed by atoms with Crippen molar-refractivity contribution >= 4 is 5.91 Å². The number of aliphatic hydroxyl groups is 1. The Labute approximate surface area is 128 Å². The Kier molecular flexibility index (Phi) is 3.93. The second-order valence-electron chi connectivity index (χ2n) is 6.72. The molecule has 0 aliphatic heterocycles. The minimum atomic E-state index is -0.920. The molecule has 0 aromatic heterocycles. The highest BCUT2D eigenvalue weighted by molar-refractivity contribution is 5.78. The number of rotatable bonds is 4. The first-order chi connectivity index (χ1) is 10.4. The lowest BCUT2D eigenvalue weighted by Crippen LogP contribution is -2.52. The maximum atomic E-state index is 14.1. The average Bonchev–Trinajstić information content (AvgIpc) is 2.81. The average molecular weight is 309 g/mol. The highest BCUT2D eigenvalue weighted by Gasteiger charge is 2.43. The van der Waals surface area contributed by atoms with Gasteiger partial charge < -0.3 is 10.4 Å². The van der Waals surface area contributed by atoms with Crippen LogP contribution in [0.2, 0.25) is 0 Å². The molecule has 1 amide bonds. The first kappa shape index (κ1) is 15.4. The molecule has 5 heteroatoms. The van der Waals surface area contributed by atoms with Gasteiger partial charge >= 0.3 is 0 Å². The SMILES string of the molecule is O=C(CC1(O)CCCC1)NC1(c2ccc(F)cc2F)CCC1. The van der Waals surface area contributed by atoms with Crippen LogP contribution >= 0.6 is 0 Å². The van der Waals surface area contributed by atoms with Crippen molar-refractivity contribution in [3.8, 4) is 0 Å². The van der Waals surface area contributed by atoms with Crippen LogP contribution in [0.4, 0.5) is 8.78 Å². The molecule has 0 atom stereocenters. The van der Waals surface area contributed by atoms with Crippen LogP contribution in [-0.4, -0.2) is 16.6 Å². The molecule has 2 aliphatic carbocycles. The monoisotopic (exact) mass is 309 g/mol. The van der Waals surface area contributed by atoms with Crippen LogP contribution < -0.4 is 5.32 Å². The van der Waals surface area contributed by atoms with E-state index in [1.807, 2.05) is 0 Å². The van der Waals surface area contributed by atoms with Crippen molar-refractivity contribution in [3.63, 3.8) is 0 Å². The number of amides is 1. The molecule has 3 nitrogen and oxygen atoms in total. The zero-order chi connectivity index (χ0) is 15.8. The Hall–Kier alpha value is -1.49. The molecule has 3 rings (SSSR count). The number of nitrogens with one attached hydrogen (secondary N) is 1. The Balaban J connectivity index is 1.74. The maximum Gasteiger partial charge on any atom is 0.223 e. The summed E-state index contributed by atoms with van der Waals surface area (Å²) < 4.78 is 27.1. The van der Waals surface area contributed by atoms with Crippen molar-refractivity contribution in [2.75, 3.05) is 0 Å². The zero-order valence-corrected chi connectivity index (χ0v) is 12.5. The van der Waals surface area contributed by atoms with Gasteiger partial charge in [-0.2, -0.15) is 0 Å². The first-order valence-corrected chi connectivity index (χ1v) is 7.92. The third-order valence-electron chi connectivity index (χ3n) is 5.06. The lowest BCUT2D eigenvalue weighted by atomic mass is 9.71. The fraction of sp³-hybridized carbons (Fsp3) is 0.588. The third kappa shape index (κ3) is 2.86.